The van der Waals surface area contributed by atoms with Gasteiger partial charge in [0.2, 0.25) is 0 Å². The third-order valence-corrected chi connectivity index (χ3v) is 5.15. The lowest BCUT2D eigenvalue weighted by Gasteiger charge is -2.35. The smallest absolute Gasteiger partial charge is 0.283 e. The molecule has 148 valence electrons. The Bertz CT molecular complexity index is 1210. The minimum Gasteiger partial charge on any atom is -0.462 e. The van der Waals surface area contributed by atoms with Gasteiger partial charge in [-0.2, -0.15) is 0 Å². The van der Waals surface area contributed by atoms with Crippen LogP contribution >= 0.6 is 0 Å². The van der Waals surface area contributed by atoms with Crippen LogP contribution in [-0.4, -0.2) is 36.3 Å². The van der Waals surface area contributed by atoms with Crippen molar-refractivity contribution in [3.63, 3.8) is 0 Å². The number of aromatic nitrogens is 2. The fourth-order valence-corrected chi connectivity index (χ4v) is 3.96. The number of ether oxygens (including phenoxy) is 3. The molecule has 0 saturated heterocycles. The average Bonchev–Trinajstić information content (AvgIpc) is 3.17. The van der Waals surface area contributed by atoms with Gasteiger partial charge < -0.3 is 19.9 Å². The zero-order chi connectivity index (χ0) is 20.6. The van der Waals surface area contributed by atoms with E-state index in [1.54, 1.807) is 19.5 Å². The molecule has 0 saturated carbocycles. The molecule has 0 aliphatic carbocycles. The molecule has 7 nitrogen and oxygen atoms in total. The van der Waals surface area contributed by atoms with Crippen molar-refractivity contribution in [1.82, 2.24) is 9.97 Å². The largest absolute Gasteiger partial charge is 0.462 e. The van der Waals surface area contributed by atoms with Crippen molar-refractivity contribution in [2.45, 2.75) is 5.54 Å². The molecule has 30 heavy (non-hydrogen) atoms. The summed E-state index contributed by atoms with van der Waals surface area (Å²) in [6, 6.07) is 11.8. The molecule has 7 heteroatoms. The molecular weight excluding hydrogens is 380 g/mol. The Morgan fingerprint density at radius 1 is 1.13 bits per heavy atom. The Hall–Kier alpha value is -3.89. The number of rotatable bonds is 2. The van der Waals surface area contributed by atoms with Gasteiger partial charge in [0.15, 0.2) is 5.54 Å². The predicted molar refractivity (Wildman–Crippen MR) is 111 cm³/mol. The highest BCUT2D eigenvalue weighted by Crippen LogP contribution is 2.54. The van der Waals surface area contributed by atoms with Crippen molar-refractivity contribution in [1.29, 1.82) is 0 Å². The monoisotopic (exact) mass is 398 g/mol. The lowest BCUT2D eigenvalue weighted by atomic mass is 9.76. The van der Waals surface area contributed by atoms with Crippen LogP contribution < -0.4 is 10.5 Å². The van der Waals surface area contributed by atoms with E-state index in [0.29, 0.717) is 12.4 Å². The maximum atomic E-state index is 6.26. The van der Waals surface area contributed by atoms with Gasteiger partial charge in [-0.25, -0.2) is 15.0 Å². The fourth-order valence-electron chi connectivity index (χ4n) is 3.96. The molecule has 5 rings (SSSR count). The first-order valence-electron chi connectivity index (χ1n) is 9.39. The van der Waals surface area contributed by atoms with Gasteiger partial charge >= 0.3 is 0 Å². The number of amidine groups is 1. The molecule has 0 amide bonds. The molecule has 1 aromatic heterocycles. The molecule has 1 atom stereocenters. The van der Waals surface area contributed by atoms with Crippen LogP contribution in [-0.2, 0) is 15.0 Å². The van der Waals surface area contributed by atoms with Gasteiger partial charge in [0.05, 0.1) is 0 Å². The normalized spacial score (nSPS) is 18.4. The average molecular weight is 398 g/mol. The van der Waals surface area contributed by atoms with Crippen molar-refractivity contribution in [2.75, 3.05) is 20.3 Å². The van der Waals surface area contributed by atoms with E-state index in [9.17, 15) is 0 Å². The second-order valence-corrected chi connectivity index (χ2v) is 6.92. The Morgan fingerprint density at radius 2 is 1.97 bits per heavy atom. The molecule has 0 fully saturated rings. The SMILES string of the molecule is COCC#Cc1ccc2c(c1-c1cncnc1)[C@]1(COC(N)=N1)c1ccccc1O2. The Balaban J connectivity index is 1.85. The van der Waals surface area contributed by atoms with Gasteiger partial charge in [-0.05, 0) is 18.2 Å². The van der Waals surface area contributed by atoms with E-state index in [1.807, 2.05) is 36.4 Å². The number of nitrogens with zero attached hydrogens (tertiary/aromatic N) is 3. The first kappa shape index (κ1) is 18.2. The summed E-state index contributed by atoms with van der Waals surface area (Å²) in [7, 11) is 1.61. The van der Waals surface area contributed by atoms with Crippen LogP contribution in [0.3, 0.4) is 0 Å². The standard InChI is InChI=1S/C23H18N4O3/c1-28-10-4-5-15-8-9-19-21(20(15)16-11-25-14-26-12-16)23(13-29-22(24)27-23)17-6-2-3-7-18(17)30-19/h2-3,6-9,11-12,14H,10,13H2,1H3,(H2,24,27)/t23-/m0/s1. The van der Waals surface area contributed by atoms with Crippen molar-refractivity contribution < 1.29 is 14.2 Å². The molecule has 1 spiro atoms. The Morgan fingerprint density at radius 3 is 2.73 bits per heavy atom. The van der Waals surface area contributed by atoms with Gasteiger partial charge in [0.25, 0.3) is 6.02 Å². The molecule has 2 aliphatic rings. The van der Waals surface area contributed by atoms with E-state index in [2.05, 4.69) is 21.8 Å². The number of hydrogen-bond acceptors (Lipinski definition) is 7. The highest BCUT2D eigenvalue weighted by molar-refractivity contribution is 5.83. The van der Waals surface area contributed by atoms with Crippen molar-refractivity contribution in [3.8, 4) is 34.5 Å². The van der Waals surface area contributed by atoms with Crippen LogP contribution in [0.1, 0.15) is 16.7 Å². The predicted octanol–water partition coefficient (Wildman–Crippen LogP) is 2.84. The molecular formula is C23H18N4O3. The fraction of sp³-hybridized carbons (Fsp3) is 0.174. The van der Waals surface area contributed by atoms with Gasteiger partial charge in [0, 0.05) is 47.3 Å². The van der Waals surface area contributed by atoms with Crippen LogP contribution in [0.25, 0.3) is 11.1 Å². The first-order chi connectivity index (χ1) is 14.7. The summed E-state index contributed by atoms with van der Waals surface area (Å²) < 4.78 is 17.0. The van der Waals surface area contributed by atoms with Gasteiger partial charge in [-0.1, -0.05) is 30.0 Å². The molecule has 0 radical (unpaired) electrons. The van der Waals surface area contributed by atoms with E-state index in [1.165, 1.54) is 6.33 Å². The third-order valence-electron chi connectivity index (χ3n) is 5.15. The summed E-state index contributed by atoms with van der Waals surface area (Å²) in [6.45, 7) is 0.586. The topological polar surface area (TPSA) is 91.9 Å². The van der Waals surface area contributed by atoms with Gasteiger partial charge in [-0.3, -0.25) is 0 Å². The van der Waals surface area contributed by atoms with Gasteiger partial charge in [-0.15, -0.1) is 0 Å². The molecule has 0 bridgehead atoms. The quantitative estimate of drug-likeness (QED) is 0.668. The molecule has 3 aromatic rings. The van der Waals surface area contributed by atoms with Gasteiger partial charge in [0.1, 0.15) is 31.0 Å². The summed E-state index contributed by atoms with van der Waals surface area (Å²) in [5, 5.41) is 0. The highest BCUT2D eigenvalue weighted by atomic mass is 16.5. The lowest BCUT2D eigenvalue weighted by molar-refractivity contribution is 0.240. The second-order valence-electron chi connectivity index (χ2n) is 6.92. The maximum Gasteiger partial charge on any atom is 0.283 e. The summed E-state index contributed by atoms with van der Waals surface area (Å²) in [4.78, 5) is 13.2. The van der Waals surface area contributed by atoms with Crippen molar-refractivity contribution in [2.24, 2.45) is 10.7 Å². The summed E-state index contributed by atoms with van der Waals surface area (Å²) in [6.07, 6.45) is 4.99. The third kappa shape index (κ3) is 2.78. The number of nitrogens with two attached hydrogens (primary N) is 1. The minimum absolute atomic E-state index is 0.142. The van der Waals surface area contributed by atoms with Crippen LogP contribution in [0, 0.1) is 11.8 Å². The zero-order valence-electron chi connectivity index (χ0n) is 16.3. The minimum atomic E-state index is -0.849. The lowest BCUT2D eigenvalue weighted by Crippen LogP contribution is -2.32. The first-order valence-corrected chi connectivity index (χ1v) is 9.39. The molecule has 0 unspecified atom stereocenters. The van der Waals surface area contributed by atoms with Crippen LogP contribution in [0.15, 0.2) is 60.1 Å². The maximum absolute atomic E-state index is 6.26. The summed E-state index contributed by atoms with van der Waals surface area (Å²) in [5.41, 5.74) is 9.31. The van der Waals surface area contributed by atoms with Crippen LogP contribution in [0.2, 0.25) is 0 Å². The van der Waals surface area contributed by atoms with Crippen LogP contribution in [0.5, 0.6) is 11.5 Å². The van der Waals surface area contributed by atoms with E-state index >= 15 is 0 Å². The highest BCUT2D eigenvalue weighted by Gasteiger charge is 2.48. The van der Waals surface area contributed by atoms with E-state index in [4.69, 9.17) is 24.9 Å². The second kappa shape index (κ2) is 7.17. The Labute approximate surface area is 173 Å². The van der Waals surface area contributed by atoms with E-state index < -0.39 is 5.54 Å². The van der Waals surface area contributed by atoms with Crippen molar-refractivity contribution in [3.05, 3.63) is 71.8 Å². The van der Waals surface area contributed by atoms with Crippen LogP contribution in [0.4, 0.5) is 0 Å². The number of fused-ring (bicyclic) bond motifs is 4. The number of methoxy groups -OCH3 is 1. The molecule has 2 N–H and O–H groups in total. The molecule has 3 heterocycles. The number of hydrogen-bond donors (Lipinski definition) is 1. The van der Waals surface area contributed by atoms with E-state index in [0.717, 1.165) is 33.6 Å². The van der Waals surface area contributed by atoms with Crippen molar-refractivity contribution >= 4 is 6.02 Å². The molecule has 2 aliphatic heterocycles. The Kier molecular flexibility index (Phi) is 4.34. The summed E-state index contributed by atoms with van der Waals surface area (Å²) >= 11 is 0. The molecule has 2 aromatic carbocycles. The number of benzene rings is 2. The van der Waals surface area contributed by atoms with E-state index in [-0.39, 0.29) is 12.6 Å². The zero-order valence-corrected chi connectivity index (χ0v) is 16.3. The number of para-hydroxylation sites is 1. The number of aliphatic imine (C=N–C) groups is 1. The summed E-state index contributed by atoms with van der Waals surface area (Å²) in [5.74, 6) is 7.62.